The summed E-state index contributed by atoms with van der Waals surface area (Å²) in [5.41, 5.74) is 2.31. The van der Waals surface area contributed by atoms with Crippen LogP contribution in [0.4, 0.5) is 5.69 Å². The van der Waals surface area contributed by atoms with E-state index in [0.717, 1.165) is 5.56 Å². The van der Waals surface area contributed by atoms with Crippen molar-refractivity contribution in [2.75, 3.05) is 12.4 Å². The van der Waals surface area contributed by atoms with E-state index in [1.807, 2.05) is 24.3 Å². The molecule has 1 aromatic heterocycles. The van der Waals surface area contributed by atoms with Crippen LogP contribution in [-0.2, 0) is 4.79 Å². The summed E-state index contributed by atoms with van der Waals surface area (Å²) in [6, 6.07) is 16.2. The molecule has 2 aromatic carbocycles. The summed E-state index contributed by atoms with van der Waals surface area (Å²) in [6.07, 6.45) is 1.31. The van der Waals surface area contributed by atoms with Crippen LogP contribution in [0.5, 0.6) is 5.75 Å². The van der Waals surface area contributed by atoms with Crippen molar-refractivity contribution < 1.29 is 14.3 Å². The molecule has 0 aliphatic heterocycles. The highest BCUT2D eigenvalue weighted by Crippen LogP contribution is 2.22. The van der Waals surface area contributed by atoms with Crippen molar-refractivity contribution >= 4 is 17.5 Å². The Hall–Kier alpha value is -3.87. The summed E-state index contributed by atoms with van der Waals surface area (Å²) in [4.78, 5) is 39.5. The van der Waals surface area contributed by atoms with Crippen molar-refractivity contribution in [3.05, 3.63) is 93.9 Å². The number of rotatable bonds is 7. The zero-order chi connectivity index (χ0) is 22.4. The van der Waals surface area contributed by atoms with Gasteiger partial charge in [-0.3, -0.25) is 14.4 Å². The number of H-pyrrole nitrogens is 1. The number of carbonyl (C=O) groups excluding carboxylic acids is 2. The fourth-order valence-corrected chi connectivity index (χ4v) is 3.03. The van der Waals surface area contributed by atoms with Gasteiger partial charge in [0.25, 0.3) is 11.8 Å². The quantitative estimate of drug-likeness (QED) is 0.545. The number of anilines is 1. The molecule has 3 rings (SSSR count). The zero-order valence-corrected chi connectivity index (χ0v) is 17.6. The Kier molecular flexibility index (Phi) is 6.87. The lowest BCUT2D eigenvalue weighted by Crippen LogP contribution is -2.37. The molecule has 0 aliphatic rings. The maximum absolute atomic E-state index is 13.1. The minimum absolute atomic E-state index is 0.243. The Balaban J connectivity index is 1.84. The third-order valence-corrected chi connectivity index (χ3v) is 4.88. The second-order valence-corrected chi connectivity index (χ2v) is 7.39. The van der Waals surface area contributed by atoms with Crippen LogP contribution < -0.4 is 20.9 Å². The molecule has 0 saturated carbocycles. The highest BCUT2D eigenvalue weighted by Gasteiger charge is 2.24. The third-order valence-electron chi connectivity index (χ3n) is 4.88. The molecular formula is C24H25N3O4. The lowest BCUT2D eigenvalue weighted by atomic mass is 10.0. The molecule has 0 radical (unpaired) electrons. The number of nitrogens with one attached hydrogen (secondary N) is 3. The molecule has 1 heterocycles. The molecule has 0 spiro atoms. The molecule has 0 aliphatic carbocycles. The van der Waals surface area contributed by atoms with Gasteiger partial charge >= 0.3 is 0 Å². The predicted octanol–water partition coefficient (Wildman–Crippen LogP) is 3.62. The van der Waals surface area contributed by atoms with Crippen molar-refractivity contribution in [3.8, 4) is 5.75 Å². The molecule has 160 valence electrons. The zero-order valence-electron chi connectivity index (χ0n) is 17.6. The summed E-state index contributed by atoms with van der Waals surface area (Å²) < 4.78 is 5.18. The smallest absolute Gasteiger partial charge is 0.253 e. The first-order valence-electron chi connectivity index (χ1n) is 9.91. The minimum atomic E-state index is -0.949. The topological polar surface area (TPSA) is 100 Å². The van der Waals surface area contributed by atoms with Crippen molar-refractivity contribution in [1.82, 2.24) is 10.3 Å². The molecular weight excluding hydrogens is 394 g/mol. The van der Waals surface area contributed by atoms with Crippen LogP contribution in [0.2, 0.25) is 0 Å². The second kappa shape index (κ2) is 9.75. The summed E-state index contributed by atoms with van der Waals surface area (Å²) in [5.74, 6) is 0.148. The van der Waals surface area contributed by atoms with E-state index in [2.05, 4.69) is 29.5 Å². The predicted molar refractivity (Wildman–Crippen MR) is 119 cm³/mol. The summed E-state index contributed by atoms with van der Waals surface area (Å²) >= 11 is 0. The van der Waals surface area contributed by atoms with E-state index < -0.39 is 11.9 Å². The van der Waals surface area contributed by atoms with E-state index in [9.17, 15) is 14.4 Å². The Morgan fingerprint density at radius 2 is 1.55 bits per heavy atom. The van der Waals surface area contributed by atoms with Crippen LogP contribution >= 0.6 is 0 Å². The molecule has 2 amide bonds. The van der Waals surface area contributed by atoms with Crippen molar-refractivity contribution in [2.24, 2.45) is 0 Å². The molecule has 0 saturated heterocycles. The van der Waals surface area contributed by atoms with Crippen LogP contribution in [0.1, 0.15) is 47.3 Å². The number of ether oxygens (including phenoxy) is 1. The summed E-state index contributed by atoms with van der Waals surface area (Å²) in [6.45, 7) is 4.19. The molecule has 3 aromatic rings. The number of aromatic nitrogens is 1. The lowest BCUT2D eigenvalue weighted by Gasteiger charge is -2.19. The Labute approximate surface area is 180 Å². The molecule has 0 fully saturated rings. The number of amides is 2. The lowest BCUT2D eigenvalue weighted by molar-refractivity contribution is -0.118. The fraction of sp³-hybridized carbons (Fsp3) is 0.208. The van der Waals surface area contributed by atoms with E-state index in [1.165, 1.54) is 18.3 Å². The van der Waals surface area contributed by atoms with Crippen molar-refractivity contribution in [1.29, 1.82) is 0 Å². The molecule has 31 heavy (non-hydrogen) atoms. The van der Waals surface area contributed by atoms with E-state index in [-0.39, 0.29) is 17.0 Å². The number of aromatic amines is 1. The average Bonchev–Trinajstić information content (AvgIpc) is 2.78. The monoisotopic (exact) mass is 419 g/mol. The number of pyridine rings is 1. The number of methoxy groups -OCH3 is 1. The van der Waals surface area contributed by atoms with Crippen LogP contribution in [-0.4, -0.2) is 23.9 Å². The van der Waals surface area contributed by atoms with E-state index in [0.29, 0.717) is 22.9 Å². The summed E-state index contributed by atoms with van der Waals surface area (Å²) in [7, 11) is 1.55. The average molecular weight is 419 g/mol. The largest absolute Gasteiger partial charge is 0.497 e. The SMILES string of the molecule is COc1ccc([C@@H](NC(=O)c2ccc(=O)[nH]c2)C(=O)Nc2ccc(C(C)C)cc2)cc1. The highest BCUT2D eigenvalue weighted by atomic mass is 16.5. The second-order valence-electron chi connectivity index (χ2n) is 7.39. The van der Waals surface area contributed by atoms with E-state index in [1.54, 1.807) is 31.4 Å². The van der Waals surface area contributed by atoms with Gasteiger partial charge in [0.05, 0.1) is 12.7 Å². The van der Waals surface area contributed by atoms with Crippen LogP contribution in [0, 0.1) is 0 Å². The van der Waals surface area contributed by atoms with Gasteiger partial charge in [-0.05, 0) is 47.4 Å². The molecule has 7 heteroatoms. The van der Waals surface area contributed by atoms with Gasteiger partial charge in [-0.15, -0.1) is 0 Å². The third kappa shape index (κ3) is 5.60. The van der Waals surface area contributed by atoms with E-state index in [4.69, 9.17) is 4.74 Å². The van der Waals surface area contributed by atoms with Crippen LogP contribution in [0.15, 0.2) is 71.7 Å². The summed E-state index contributed by atoms with van der Waals surface area (Å²) in [5, 5.41) is 5.60. The molecule has 0 bridgehead atoms. The normalized spacial score (nSPS) is 11.6. The Morgan fingerprint density at radius 1 is 0.903 bits per heavy atom. The maximum Gasteiger partial charge on any atom is 0.253 e. The first kappa shape index (κ1) is 21.8. The number of hydrogen-bond donors (Lipinski definition) is 3. The highest BCUT2D eigenvalue weighted by molar-refractivity contribution is 6.01. The van der Waals surface area contributed by atoms with Gasteiger partial charge in [-0.2, -0.15) is 0 Å². The van der Waals surface area contributed by atoms with Gasteiger partial charge < -0.3 is 20.4 Å². The van der Waals surface area contributed by atoms with Gasteiger partial charge in [0.15, 0.2) is 0 Å². The van der Waals surface area contributed by atoms with Crippen molar-refractivity contribution in [3.63, 3.8) is 0 Å². The van der Waals surface area contributed by atoms with Gasteiger partial charge in [-0.25, -0.2) is 0 Å². The fourth-order valence-electron chi connectivity index (χ4n) is 3.03. The number of carbonyl (C=O) groups is 2. The Bertz CT molecular complexity index is 1080. The molecule has 0 unspecified atom stereocenters. The molecule has 7 nitrogen and oxygen atoms in total. The van der Waals surface area contributed by atoms with Crippen molar-refractivity contribution in [2.45, 2.75) is 25.8 Å². The Morgan fingerprint density at radius 3 is 2.10 bits per heavy atom. The van der Waals surface area contributed by atoms with Gasteiger partial charge in [0, 0.05) is 18.0 Å². The van der Waals surface area contributed by atoms with Crippen LogP contribution in [0.25, 0.3) is 0 Å². The van der Waals surface area contributed by atoms with Gasteiger partial charge in [0.2, 0.25) is 5.56 Å². The minimum Gasteiger partial charge on any atom is -0.497 e. The molecule has 3 N–H and O–H groups in total. The number of hydrogen-bond acceptors (Lipinski definition) is 4. The van der Waals surface area contributed by atoms with Crippen LogP contribution in [0.3, 0.4) is 0 Å². The number of benzene rings is 2. The van der Waals surface area contributed by atoms with Gasteiger partial charge in [0.1, 0.15) is 11.8 Å². The first-order valence-corrected chi connectivity index (χ1v) is 9.91. The van der Waals surface area contributed by atoms with Gasteiger partial charge in [-0.1, -0.05) is 38.1 Å². The molecule has 1 atom stereocenters. The first-order chi connectivity index (χ1) is 14.9. The van der Waals surface area contributed by atoms with E-state index >= 15 is 0 Å². The maximum atomic E-state index is 13.1. The standard InChI is InChI=1S/C24H25N3O4/c1-15(2)16-4-9-19(10-5-16)26-24(30)22(17-6-11-20(31-3)12-7-17)27-23(29)18-8-13-21(28)25-14-18/h4-15,22H,1-3H3,(H,25,28)(H,26,30)(H,27,29)/t22-/m1/s1.